The van der Waals surface area contributed by atoms with Crippen molar-refractivity contribution in [3.05, 3.63) is 149 Å². The zero-order valence-electron chi connectivity index (χ0n) is 20.6. The predicted molar refractivity (Wildman–Crippen MR) is 152 cm³/mol. The van der Waals surface area contributed by atoms with Crippen LogP contribution in [0.4, 0.5) is 0 Å². The average molecular weight is 467 g/mol. The number of benzene rings is 5. The second kappa shape index (κ2) is 8.52. The van der Waals surface area contributed by atoms with Gasteiger partial charge in [0, 0.05) is 5.54 Å². The van der Waals surface area contributed by atoms with E-state index in [1.165, 1.54) is 54.5 Å². The van der Waals surface area contributed by atoms with E-state index in [-0.39, 0.29) is 0 Å². The van der Waals surface area contributed by atoms with Crippen LogP contribution in [0.1, 0.15) is 33.4 Å². The summed E-state index contributed by atoms with van der Waals surface area (Å²) in [4.78, 5) is 0. The molecule has 0 N–H and O–H groups in total. The monoisotopic (exact) mass is 466 g/mol. The van der Waals surface area contributed by atoms with Gasteiger partial charge in [0.15, 0.2) is 8.07 Å². The lowest BCUT2D eigenvalue weighted by Crippen LogP contribution is -2.71. The second-order valence-electron chi connectivity index (χ2n) is 10.0. The van der Waals surface area contributed by atoms with Gasteiger partial charge in [-0.25, -0.2) is 0 Å². The van der Waals surface area contributed by atoms with Gasteiger partial charge < -0.3 is 0 Å². The minimum atomic E-state index is -2.59. The smallest absolute Gasteiger partial charge is 0.0622 e. The zero-order valence-corrected chi connectivity index (χ0v) is 21.6. The van der Waals surface area contributed by atoms with E-state index in [1.807, 2.05) is 0 Å². The van der Waals surface area contributed by atoms with Gasteiger partial charge >= 0.3 is 0 Å². The fraction of sp³-hybridized carbons (Fsp3) is 0.118. The number of rotatable bonds is 4. The van der Waals surface area contributed by atoms with Gasteiger partial charge in [-0.2, -0.15) is 0 Å². The highest BCUT2D eigenvalue weighted by Crippen LogP contribution is 2.48. The molecule has 0 amide bonds. The maximum Gasteiger partial charge on any atom is 0.159 e. The van der Waals surface area contributed by atoms with Gasteiger partial charge in [0.05, 0.1) is 0 Å². The van der Waals surface area contributed by atoms with E-state index in [9.17, 15) is 0 Å². The molecule has 170 valence electrons. The molecule has 0 heterocycles. The molecule has 5 aromatic carbocycles. The van der Waals surface area contributed by atoms with Crippen molar-refractivity contribution in [1.29, 1.82) is 0 Å². The highest BCUT2D eigenvalue weighted by molar-refractivity contribution is 7.12. The first kappa shape index (κ1) is 21.8. The Morgan fingerprint density at radius 3 is 1.17 bits per heavy atom. The van der Waals surface area contributed by atoms with Gasteiger partial charge in [-0.05, 0) is 58.6 Å². The molecule has 0 bridgehead atoms. The lowest BCUT2D eigenvalue weighted by molar-refractivity contribution is 1.15. The van der Waals surface area contributed by atoms with Crippen LogP contribution in [-0.2, 0) is 0 Å². The number of hydrogen-bond donors (Lipinski definition) is 0. The highest BCUT2D eigenvalue weighted by Gasteiger charge is 2.51. The van der Waals surface area contributed by atoms with Gasteiger partial charge in [0.1, 0.15) is 0 Å². The summed E-state index contributed by atoms with van der Waals surface area (Å²) in [5, 5.41) is 4.43. The molecule has 5 aromatic rings. The van der Waals surface area contributed by atoms with Gasteiger partial charge in [-0.1, -0.05) is 138 Å². The number of fused-ring (bicyclic) bond motifs is 3. The summed E-state index contributed by atoms with van der Waals surface area (Å²) in [7, 11) is -2.59. The summed E-state index contributed by atoms with van der Waals surface area (Å²) in [5.74, 6) is 0. The van der Waals surface area contributed by atoms with Crippen molar-refractivity contribution in [3.8, 4) is 11.1 Å². The Hall–Kier alpha value is -3.68. The lowest BCUT2D eigenvalue weighted by Gasteiger charge is -2.40. The lowest BCUT2D eigenvalue weighted by atomic mass is 10.1. The van der Waals surface area contributed by atoms with Crippen molar-refractivity contribution in [2.45, 2.75) is 26.3 Å². The Kier molecular flexibility index (Phi) is 5.31. The van der Waals surface area contributed by atoms with E-state index in [1.54, 1.807) is 0 Å². The first-order chi connectivity index (χ1) is 17.1. The predicted octanol–water partition coefficient (Wildman–Crippen LogP) is 6.43. The molecule has 1 aliphatic rings. The van der Waals surface area contributed by atoms with E-state index < -0.39 is 8.07 Å². The van der Waals surface area contributed by atoms with E-state index in [4.69, 9.17) is 0 Å². The maximum atomic E-state index is 2.46. The van der Waals surface area contributed by atoms with E-state index >= 15 is 0 Å². The summed E-state index contributed by atoms with van der Waals surface area (Å²) >= 11 is 0. The van der Waals surface area contributed by atoms with Crippen LogP contribution in [0.5, 0.6) is 0 Å². The molecule has 0 saturated carbocycles. The fourth-order valence-electron chi connectivity index (χ4n) is 6.29. The third-order valence-electron chi connectivity index (χ3n) is 7.69. The van der Waals surface area contributed by atoms with Crippen molar-refractivity contribution in [1.82, 2.24) is 0 Å². The van der Waals surface area contributed by atoms with Crippen LogP contribution >= 0.6 is 0 Å². The standard InChI is InChI=1S/C34H30Si/c1-24-11-8-14-27(21-24)35(28-15-9-12-25(2)22-28,29-16-10-13-26(3)23-29)34-32-19-6-4-17-30(32)31-18-5-7-20-33(31)34/h4-23,34H,1-3H3. The molecule has 0 unspecified atom stereocenters. The van der Waals surface area contributed by atoms with Gasteiger partial charge in [0.25, 0.3) is 0 Å². The normalized spacial score (nSPS) is 12.9. The molecule has 1 aliphatic carbocycles. The summed E-state index contributed by atoms with van der Waals surface area (Å²) in [6, 6.07) is 46.2. The van der Waals surface area contributed by atoms with Crippen LogP contribution in [0.25, 0.3) is 11.1 Å². The summed E-state index contributed by atoms with van der Waals surface area (Å²) in [6.07, 6.45) is 0. The highest BCUT2D eigenvalue weighted by atomic mass is 28.3. The van der Waals surface area contributed by atoms with Crippen LogP contribution in [0.2, 0.25) is 0 Å². The van der Waals surface area contributed by atoms with E-state index in [0.29, 0.717) is 5.54 Å². The Bertz CT molecular complexity index is 1390. The van der Waals surface area contributed by atoms with Crippen molar-refractivity contribution in [2.75, 3.05) is 0 Å². The molecule has 0 aliphatic heterocycles. The van der Waals surface area contributed by atoms with Crippen LogP contribution in [0.3, 0.4) is 0 Å². The zero-order chi connectivity index (χ0) is 24.0. The molecule has 0 fully saturated rings. The fourth-order valence-corrected chi connectivity index (χ4v) is 12.2. The summed E-state index contributed by atoms with van der Waals surface area (Å²) < 4.78 is 0. The van der Waals surface area contributed by atoms with Crippen molar-refractivity contribution in [2.24, 2.45) is 0 Å². The molecule has 35 heavy (non-hydrogen) atoms. The van der Waals surface area contributed by atoms with Crippen LogP contribution in [0.15, 0.2) is 121 Å². The molecule has 0 nitrogen and oxygen atoms in total. The molecule has 0 spiro atoms. The average Bonchev–Trinajstić information content (AvgIpc) is 3.20. The molecular formula is C34H30Si. The molecule has 0 saturated heterocycles. The second-order valence-corrected chi connectivity index (χ2v) is 13.9. The number of aryl methyl sites for hydroxylation is 3. The Morgan fingerprint density at radius 2 is 0.800 bits per heavy atom. The maximum absolute atomic E-state index is 2.59. The molecule has 1 heteroatoms. The van der Waals surface area contributed by atoms with Crippen molar-refractivity contribution < 1.29 is 0 Å². The molecule has 0 aromatic heterocycles. The Morgan fingerprint density at radius 1 is 0.429 bits per heavy atom. The topological polar surface area (TPSA) is 0 Å². The van der Waals surface area contributed by atoms with Crippen molar-refractivity contribution >= 4 is 23.6 Å². The van der Waals surface area contributed by atoms with Crippen molar-refractivity contribution in [3.63, 3.8) is 0 Å². The summed E-state index contributed by atoms with van der Waals surface area (Å²) in [5.41, 5.74) is 9.95. The third kappa shape index (κ3) is 3.42. The van der Waals surface area contributed by atoms with Crippen LogP contribution in [0, 0.1) is 20.8 Å². The van der Waals surface area contributed by atoms with Crippen LogP contribution in [-0.4, -0.2) is 8.07 Å². The molecule has 0 radical (unpaired) electrons. The van der Waals surface area contributed by atoms with Gasteiger partial charge in [-0.15, -0.1) is 0 Å². The molecule has 0 atom stereocenters. The number of hydrogen-bond acceptors (Lipinski definition) is 0. The Balaban J connectivity index is 1.82. The SMILES string of the molecule is Cc1cccc([Si](c2cccc(C)c2)(c2cccc(C)c2)C2c3ccccc3-c3ccccc32)c1. The van der Waals surface area contributed by atoms with E-state index in [2.05, 4.69) is 142 Å². The molecule has 6 rings (SSSR count). The van der Waals surface area contributed by atoms with Crippen LogP contribution < -0.4 is 15.6 Å². The van der Waals surface area contributed by atoms with E-state index in [0.717, 1.165) is 0 Å². The summed E-state index contributed by atoms with van der Waals surface area (Å²) in [6.45, 7) is 6.68. The third-order valence-corrected chi connectivity index (χ3v) is 12.8. The first-order valence-corrected chi connectivity index (χ1v) is 14.6. The van der Waals surface area contributed by atoms with Gasteiger partial charge in [0.2, 0.25) is 0 Å². The molecular weight excluding hydrogens is 436 g/mol. The first-order valence-electron chi connectivity index (χ1n) is 12.5. The minimum Gasteiger partial charge on any atom is -0.0622 e. The van der Waals surface area contributed by atoms with Gasteiger partial charge in [-0.3, -0.25) is 0 Å². The largest absolute Gasteiger partial charge is 0.159 e. The Labute approximate surface area is 209 Å². The minimum absolute atomic E-state index is 0.292. The quantitative estimate of drug-likeness (QED) is 0.211.